The number of anilines is 1. The van der Waals surface area contributed by atoms with E-state index in [0.717, 1.165) is 24.4 Å². The van der Waals surface area contributed by atoms with E-state index < -0.39 is 10.0 Å². The minimum absolute atomic E-state index is 0.228. The second-order valence-electron chi connectivity index (χ2n) is 4.86. The summed E-state index contributed by atoms with van der Waals surface area (Å²) in [7, 11) is -3.61. The third kappa shape index (κ3) is 3.62. The fourth-order valence-corrected chi connectivity index (χ4v) is 3.23. The van der Waals surface area contributed by atoms with Crippen molar-refractivity contribution in [3.8, 4) is 0 Å². The first-order valence-electron chi connectivity index (χ1n) is 6.81. The van der Waals surface area contributed by atoms with E-state index in [0.29, 0.717) is 12.2 Å². The highest BCUT2D eigenvalue weighted by molar-refractivity contribution is 7.92. The maximum absolute atomic E-state index is 12.4. The molecule has 0 aromatic carbocycles. The Hall–Kier alpha value is -1.86. The van der Waals surface area contributed by atoms with Gasteiger partial charge in [0.15, 0.2) is 0 Å². The quantitative estimate of drug-likeness (QED) is 0.852. The molecule has 0 aliphatic rings. The van der Waals surface area contributed by atoms with Crippen LogP contribution in [0.15, 0.2) is 35.5 Å². The topological polar surface area (TPSA) is 90.0 Å². The Labute approximate surface area is 125 Å². The van der Waals surface area contributed by atoms with Crippen molar-refractivity contribution in [2.75, 3.05) is 4.72 Å². The molecular formula is C14H20N4O2S. The highest BCUT2D eigenvalue weighted by Crippen LogP contribution is 2.19. The highest BCUT2D eigenvalue weighted by atomic mass is 32.2. The van der Waals surface area contributed by atoms with Crippen LogP contribution in [-0.2, 0) is 23.1 Å². The molecule has 7 heteroatoms. The summed E-state index contributed by atoms with van der Waals surface area (Å²) < 4.78 is 29.3. The van der Waals surface area contributed by atoms with Crippen LogP contribution in [0.2, 0.25) is 0 Å². The third-order valence-corrected chi connectivity index (χ3v) is 4.44. The molecule has 0 saturated carbocycles. The molecule has 0 radical (unpaired) electrons. The number of rotatable bonds is 6. The molecule has 2 aromatic rings. The van der Waals surface area contributed by atoms with Gasteiger partial charge >= 0.3 is 0 Å². The average molecular weight is 308 g/mol. The van der Waals surface area contributed by atoms with Crippen LogP contribution in [-0.4, -0.2) is 18.0 Å². The summed E-state index contributed by atoms with van der Waals surface area (Å²) in [6.07, 6.45) is 4.11. The summed E-state index contributed by atoms with van der Waals surface area (Å²) in [5, 5.41) is 0. The molecule has 0 saturated heterocycles. The van der Waals surface area contributed by atoms with Crippen LogP contribution in [0.1, 0.15) is 24.7 Å². The number of aromatic nitrogens is 2. The molecule has 2 heterocycles. The van der Waals surface area contributed by atoms with Crippen molar-refractivity contribution in [1.82, 2.24) is 9.55 Å². The summed E-state index contributed by atoms with van der Waals surface area (Å²) in [5.74, 6) is 0. The summed E-state index contributed by atoms with van der Waals surface area (Å²) in [6, 6.07) is 4.92. The van der Waals surface area contributed by atoms with Gasteiger partial charge in [0, 0.05) is 36.9 Å². The second kappa shape index (κ2) is 6.28. The lowest BCUT2D eigenvalue weighted by Crippen LogP contribution is -2.12. The van der Waals surface area contributed by atoms with Gasteiger partial charge in [0.25, 0.3) is 10.0 Å². The van der Waals surface area contributed by atoms with E-state index >= 15 is 0 Å². The minimum atomic E-state index is -3.61. The molecule has 3 N–H and O–H groups in total. The van der Waals surface area contributed by atoms with Gasteiger partial charge in [0.05, 0.1) is 5.69 Å². The van der Waals surface area contributed by atoms with E-state index in [1.807, 2.05) is 18.4 Å². The molecule has 0 aliphatic heterocycles. The number of nitrogens with one attached hydrogen (secondary N) is 1. The molecule has 0 fully saturated rings. The zero-order chi connectivity index (χ0) is 15.5. The molecule has 114 valence electrons. The third-order valence-electron chi connectivity index (χ3n) is 3.09. The number of aryl methyl sites for hydroxylation is 2. The molecule has 0 spiro atoms. The van der Waals surface area contributed by atoms with E-state index in [-0.39, 0.29) is 4.90 Å². The smallest absolute Gasteiger partial charge is 0.263 e. The monoisotopic (exact) mass is 308 g/mol. The van der Waals surface area contributed by atoms with Gasteiger partial charge < -0.3 is 10.3 Å². The van der Waals surface area contributed by atoms with Gasteiger partial charge in [0.2, 0.25) is 0 Å². The van der Waals surface area contributed by atoms with Crippen molar-refractivity contribution >= 4 is 15.7 Å². The van der Waals surface area contributed by atoms with Crippen molar-refractivity contribution in [2.24, 2.45) is 5.73 Å². The van der Waals surface area contributed by atoms with Gasteiger partial charge in [-0.1, -0.05) is 6.92 Å². The Morgan fingerprint density at radius 3 is 2.76 bits per heavy atom. The average Bonchev–Trinajstić information content (AvgIpc) is 2.83. The minimum Gasteiger partial charge on any atom is -0.349 e. The van der Waals surface area contributed by atoms with Crippen LogP contribution in [0.5, 0.6) is 0 Å². The number of pyridine rings is 1. The predicted octanol–water partition coefficient (Wildman–Crippen LogP) is 1.86. The first-order valence-corrected chi connectivity index (χ1v) is 8.29. The summed E-state index contributed by atoms with van der Waals surface area (Å²) in [4.78, 5) is 4.27. The highest BCUT2D eigenvalue weighted by Gasteiger charge is 2.18. The van der Waals surface area contributed by atoms with Crippen LogP contribution in [0.4, 0.5) is 5.69 Å². The van der Waals surface area contributed by atoms with Gasteiger partial charge in [-0.2, -0.15) is 0 Å². The van der Waals surface area contributed by atoms with E-state index in [1.54, 1.807) is 30.6 Å². The van der Waals surface area contributed by atoms with Crippen LogP contribution < -0.4 is 10.5 Å². The summed E-state index contributed by atoms with van der Waals surface area (Å²) in [6.45, 7) is 4.90. The Bertz CT molecular complexity index is 722. The van der Waals surface area contributed by atoms with E-state index in [2.05, 4.69) is 9.71 Å². The largest absolute Gasteiger partial charge is 0.349 e. The second-order valence-corrected chi connectivity index (χ2v) is 6.54. The van der Waals surface area contributed by atoms with Crippen molar-refractivity contribution in [3.05, 3.63) is 42.0 Å². The lowest BCUT2D eigenvalue weighted by molar-refractivity contribution is 0.600. The number of nitrogens with two attached hydrogens (primary N) is 1. The van der Waals surface area contributed by atoms with Crippen LogP contribution in [0.25, 0.3) is 0 Å². The molecule has 2 rings (SSSR count). The first-order chi connectivity index (χ1) is 9.96. The first kappa shape index (κ1) is 15.5. The van der Waals surface area contributed by atoms with Crippen molar-refractivity contribution in [2.45, 2.75) is 38.3 Å². The molecular weight excluding hydrogens is 288 g/mol. The molecule has 6 nitrogen and oxygen atoms in total. The van der Waals surface area contributed by atoms with Crippen LogP contribution in [0.3, 0.4) is 0 Å². The van der Waals surface area contributed by atoms with Crippen molar-refractivity contribution in [3.63, 3.8) is 0 Å². The molecule has 0 atom stereocenters. The Kier molecular flexibility index (Phi) is 4.64. The maximum atomic E-state index is 12.4. The molecule has 0 amide bonds. The van der Waals surface area contributed by atoms with E-state index in [4.69, 9.17) is 5.73 Å². The maximum Gasteiger partial charge on any atom is 0.263 e. The molecule has 2 aromatic heterocycles. The predicted molar refractivity (Wildman–Crippen MR) is 82.4 cm³/mol. The standard InChI is InChI=1S/C14H20N4O2S/c1-3-6-18-10-14(8-13(18)9-15)21(19,20)17-12-4-5-16-11(2)7-12/h4-5,7-8,10H,3,6,9,15H2,1-2H3,(H,16,17). The van der Waals surface area contributed by atoms with Crippen molar-refractivity contribution < 1.29 is 8.42 Å². The Morgan fingerprint density at radius 2 is 2.14 bits per heavy atom. The van der Waals surface area contributed by atoms with Gasteiger partial charge in [-0.3, -0.25) is 9.71 Å². The number of hydrogen-bond donors (Lipinski definition) is 2. The van der Waals surface area contributed by atoms with Gasteiger partial charge in [-0.15, -0.1) is 0 Å². The lowest BCUT2D eigenvalue weighted by Gasteiger charge is -2.06. The van der Waals surface area contributed by atoms with Gasteiger partial charge in [0.1, 0.15) is 4.90 Å². The van der Waals surface area contributed by atoms with Crippen LogP contribution in [0, 0.1) is 6.92 Å². The molecule has 0 aliphatic carbocycles. The fraction of sp³-hybridized carbons (Fsp3) is 0.357. The number of sulfonamides is 1. The fourth-order valence-electron chi connectivity index (χ4n) is 2.12. The van der Waals surface area contributed by atoms with Gasteiger partial charge in [-0.25, -0.2) is 8.42 Å². The Balaban J connectivity index is 2.31. The zero-order valence-corrected chi connectivity index (χ0v) is 13.0. The SMILES string of the molecule is CCCn1cc(S(=O)(=O)Nc2ccnc(C)c2)cc1CN. The Morgan fingerprint density at radius 1 is 1.38 bits per heavy atom. The van der Waals surface area contributed by atoms with E-state index in [9.17, 15) is 8.42 Å². The number of nitrogens with zero attached hydrogens (tertiary/aromatic N) is 2. The van der Waals surface area contributed by atoms with Crippen LogP contribution >= 0.6 is 0 Å². The molecule has 0 unspecified atom stereocenters. The van der Waals surface area contributed by atoms with Gasteiger partial charge in [-0.05, 0) is 31.5 Å². The van der Waals surface area contributed by atoms with Crippen molar-refractivity contribution in [1.29, 1.82) is 0 Å². The number of hydrogen-bond acceptors (Lipinski definition) is 4. The zero-order valence-electron chi connectivity index (χ0n) is 12.2. The summed E-state index contributed by atoms with van der Waals surface area (Å²) >= 11 is 0. The lowest BCUT2D eigenvalue weighted by atomic mass is 10.3. The summed E-state index contributed by atoms with van der Waals surface area (Å²) in [5.41, 5.74) is 7.73. The van der Waals surface area contributed by atoms with E-state index in [1.165, 1.54) is 0 Å². The molecule has 0 bridgehead atoms. The normalized spacial score (nSPS) is 11.6. The molecule has 21 heavy (non-hydrogen) atoms.